The van der Waals surface area contributed by atoms with E-state index in [1.807, 2.05) is 4.90 Å². The van der Waals surface area contributed by atoms with Gasteiger partial charge in [-0.05, 0) is 35.3 Å². The molecule has 2 heterocycles. The molecule has 1 aliphatic heterocycles. The highest BCUT2D eigenvalue weighted by molar-refractivity contribution is 6.30. The number of carbonyl (C=O) groups excluding carboxylic acids is 2. The fourth-order valence-electron chi connectivity index (χ4n) is 4.78. The van der Waals surface area contributed by atoms with Gasteiger partial charge >= 0.3 is 5.69 Å². The lowest BCUT2D eigenvalue weighted by atomic mass is 9.83. The minimum Gasteiger partial charge on any atom is -0.366 e. The molecule has 1 aliphatic carbocycles. The minimum atomic E-state index is -0.479. The van der Waals surface area contributed by atoms with Gasteiger partial charge in [-0.15, -0.1) is 0 Å². The standard InChI is InChI=1S/C24H17N5O5/c30-23-13-6-1-2-7-14(13)24(31)19-15(23)8-5-9-16(19)25-17-12-18(28-10-3-4-11-28)22(29(32)33)21-20(17)26-34-27-21/h1-2,5-9,12,25H,3-4,10-11H2. The maximum absolute atomic E-state index is 13.4. The van der Waals surface area contributed by atoms with Crippen LogP contribution in [0.25, 0.3) is 11.0 Å². The van der Waals surface area contributed by atoms with Gasteiger partial charge in [0, 0.05) is 29.8 Å². The van der Waals surface area contributed by atoms with Crippen molar-refractivity contribution in [2.75, 3.05) is 23.3 Å². The van der Waals surface area contributed by atoms with Crippen LogP contribution in [0.5, 0.6) is 0 Å². The molecular formula is C24H17N5O5. The summed E-state index contributed by atoms with van der Waals surface area (Å²) < 4.78 is 4.87. The first kappa shape index (κ1) is 20.0. The molecule has 1 N–H and O–H groups in total. The number of nitrogens with zero attached hydrogens (tertiary/aromatic N) is 4. The van der Waals surface area contributed by atoms with Crippen LogP contribution >= 0.6 is 0 Å². The van der Waals surface area contributed by atoms with Crippen molar-refractivity contribution in [3.05, 3.63) is 80.9 Å². The molecule has 34 heavy (non-hydrogen) atoms. The van der Waals surface area contributed by atoms with Gasteiger partial charge in [-0.3, -0.25) is 19.7 Å². The van der Waals surface area contributed by atoms with Crippen molar-refractivity contribution in [2.24, 2.45) is 0 Å². The predicted octanol–water partition coefficient (Wildman–Crippen LogP) is 4.25. The van der Waals surface area contributed by atoms with E-state index in [4.69, 9.17) is 4.63 Å². The Labute approximate surface area is 192 Å². The van der Waals surface area contributed by atoms with Gasteiger partial charge in [0.15, 0.2) is 17.1 Å². The summed E-state index contributed by atoms with van der Waals surface area (Å²) in [6, 6.07) is 13.3. The van der Waals surface area contributed by atoms with Crippen molar-refractivity contribution < 1.29 is 19.1 Å². The molecule has 0 saturated carbocycles. The lowest BCUT2D eigenvalue weighted by molar-refractivity contribution is -0.382. The Balaban J connectivity index is 1.52. The topological polar surface area (TPSA) is 131 Å². The van der Waals surface area contributed by atoms with E-state index in [1.54, 1.807) is 48.5 Å². The van der Waals surface area contributed by atoms with Gasteiger partial charge in [0.25, 0.3) is 0 Å². The summed E-state index contributed by atoms with van der Waals surface area (Å²) in [6.07, 6.45) is 1.86. The molecule has 0 radical (unpaired) electrons. The highest BCUT2D eigenvalue weighted by Gasteiger charge is 2.33. The van der Waals surface area contributed by atoms with E-state index in [9.17, 15) is 19.7 Å². The molecule has 0 atom stereocenters. The van der Waals surface area contributed by atoms with Gasteiger partial charge in [0.2, 0.25) is 5.52 Å². The Morgan fingerprint density at radius 2 is 1.56 bits per heavy atom. The highest BCUT2D eigenvalue weighted by atomic mass is 16.6. The van der Waals surface area contributed by atoms with Gasteiger partial charge in [-0.2, -0.15) is 0 Å². The van der Waals surface area contributed by atoms with Gasteiger partial charge in [0.05, 0.1) is 21.9 Å². The molecule has 168 valence electrons. The Morgan fingerprint density at radius 3 is 2.29 bits per heavy atom. The number of benzene rings is 3. The van der Waals surface area contributed by atoms with Crippen molar-refractivity contribution >= 4 is 45.3 Å². The monoisotopic (exact) mass is 455 g/mol. The zero-order chi connectivity index (χ0) is 23.4. The average molecular weight is 455 g/mol. The van der Waals surface area contributed by atoms with Gasteiger partial charge in [-0.25, -0.2) is 4.63 Å². The first-order valence-corrected chi connectivity index (χ1v) is 10.8. The van der Waals surface area contributed by atoms with E-state index >= 15 is 0 Å². The second-order valence-electron chi connectivity index (χ2n) is 8.26. The third-order valence-corrected chi connectivity index (χ3v) is 6.34. The lowest BCUT2D eigenvalue weighted by Gasteiger charge is -2.22. The maximum Gasteiger partial charge on any atom is 0.323 e. The third kappa shape index (κ3) is 2.88. The van der Waals surface area contributed by atoms with E-state index in [2.05, 4.69) is 15.6 Å². The second kappa shape index (κ2) is 7.48. The first-order valence-electron chi connectivity index (χ1n) is 10.8. The number of ketones is 2. The summed E-state index contributed by atoms with van der Waals surface area (Å²) in [5.41, 5.74) is 2.48. The molecule has 10 nitrogen and oxygen atoms in total. The van der Waals surface area contributed by atoms with Gasteiger partial charge in [-0.1, -0.05) is 36.4 Å². The number of aromatic nitrogens is 2. The van der Waals surface area contributed by atoms with Crippen LogP contribution in [0, 0.1) is 10.1 Å². The average Bonchev–Trinajstić information content (AvgIpc) is 3.54. The lowest BCUT2D eigenvalue weighted by Crippen LogP contribution is -2.22. The van der Waals surface area contributed by atoms with Crippen LogP contribution in [-0.2, 0) is 0 Å². The van der Waals surface area contributed by atoms with E-state index in [1.165, 1.54) is 0 Å². The molecular weight excluding hydrogens is 438 g/mol. The van der Waals surface area contributed by atoms with E-state index in [0.717, 1.165) is 12.8 Å². The molecule has 0 unspecified atom stereocenters. The number of carbonyl (C=O) groups is 2. The maximum atomic E-state index is 13.4. The molecule has 6 rings (SSSR count). The SMILES string of the molecule is O=C1c2ccccc2C(=O)c2c(Nc3cc(N4CCCC4)c([N+](=O)[O-])c4nonc34)cccc21. The molecule has 0 bridgehead atoms. The molecule has 0 spiro atoms. The Kier molecular flexibility index (Phi) is 4.41. The first-order chi connectivity index (χ1) is 16.5. The van der Waals surface area contributed by atoms with Crippen LogP contribution in [0.15, 0.2) is 53.2 Å². The number of anilines is 3. The number of hydrogen-bond donors (Lipinski definition) is 1. The number of nitro benzene ring substituents is 1. The summed E-state index contributed by atoms with van der Waals surface area (Å²) in [5.74, 6) is -0.506. The van der Waals surface area contributed by atoms with Gasteiger partial charge < -0.3 is 10.2 Å². The zero-order valence-electron chi connectivity index (χ0n) is 17.8. The van der Waals surface area contributed by atoms with Crippen LogP contribution < -0.4 is 10.2 Å². The van der Waals surface area contributed by atoms with Crippen LogP contribution in [0.2, 0.25) is 0 Å². The highest BCUT2D eigenvalue weighted by Crippen LogP contribution is 2.42. The third-order valence-electron chi connectivity index (χ3n) is 6.34. The Morgan fingerprint density at radius 1 is 0.882 bits per heavy atom. The predicted molar refractivity (Wildman–Crippen MR) is 123 cm³/mol. The van der Waals surface area contributed by atoms with E-state index in [0.29, 0.717) is 46.8 Å². The van der Waals surface area contributed by atoms with E-state index < -0.39 is 4.92 Å². The van der Waals surface area contributed by atoms with Crippen molar-refractivity contribution in [1.29, 1.82) is 0 Å². The molecule has 0 amide bonds. The van der Waals surface area contributed by atoms with Crippen LogP contribution in [0.3, 0.4) is 0 Å². The Bertz CT molecular complexity index is 1520. The zero-order valence-corrected chi connectivity index (χ0v) is 17.8. The van der Waals surface area contributed by atoms with Crippen LogP contribution in [0.1, 0.15) is 44.7 Å². The molecule has 4 aromatic rings. The smallest absolute Gasteiger partial charge is 0.323 e. The summed E-state index contributed by atoms with van der Waals surface area (Å²) in [6.45, 7) is 1.36. The number of rotatable bonds is 4. The minimum absolute atomic E-state index is 0.0226. The summed E-state index contributed by atoms with van der Waals surface area (Å²) in [5, 5.41) is 22.8. The fraction of sp³-hybridized carbons (Fsp3) is 0.167. The normalized spacial score (nSPS) is 14.9. The molecule has 3 aromatic carbocycles. The molecule has 1 aromatic heterocycles. The molecule has 1 saturated heterocycles. The molecule has 1 fully saturated rings. The number of hydrogen-bond acceptors (Lipinski definition) is 9. The summed E-state index contributed by atoms with van der Waals surface area (Å²) in [4.78, 5) is 39.8. The fourth-order valence-corrected chi connectivity index (χ4v) is 4.78. The van der Waals surface area contributed by atoms with E-state index in [-0.39, 0.29) is 33.9 Å². The Hall–Kier alpha value is -4.60. The second-order valence-corrected chi connectivity index (χ2v) is 8.26. The largest absolute Gasteiger partial charge is 0.366 e. The molecule has 10 heteroatoms. The quantitative estimate of drug-likeness (QED) is 0.312. The number of nitro groups is 1. The summed E-state index contributed by atoms with van der Waals surface area (Å²) >= 11 is 0. The van der Waals surface area contributed by atoms with Crippen molar-refractivity contribution in [2.45, 2.75) is 12.8 Å². The van der Waals surface area contributed by atoms with Crippen LogP contribution in [-0.4, -0.2) is 39.9 Å². The van der Waals surface area contributed by atoms with Crippen LogP contribution in [0.4, 0.5) is 22.7 Å². The number of nitrogens with one attached hydrogen (secondary N) is 1. The molecule has 2 aliphatic rings. The van der Waals surface area contributed by atoms with Crippen molar-refractivity contribution in [3.8, 4) is 0 Å². The van der Waals surface area contributed by atoms with Gasteiger partial charge in [0.1, 0.15) is 5.69 Å². The number of fused-ring (bicyclic) bond motifs is 3. The van der Waals surface area contributed by atoms with Crippen molar-refractivity contribution in [1.82, 2.24) is 10.3 Å². The summed E-state index contributed by atoms with van der Waals surface area (Å²) in [7, 11) is 0. The van der Waals surface area contributed by atoms with Crippen molar-refractivity contribution in [3.63, 3.8) is 0 Å².